The van der Waals surface area contributed by atoms with Crippen molar-refractivity contribution in [2.45, 2.75) is 18.9 Å². The van der Waals surface area contributed by atoms with Gasteiger partial charge in [0.2, 0.25) is 5.91 Å². The number of nitrogens with two attached hydrogens (primary N) is 1. The quantitative estimate of drug-likeness (QED) is 0.743. The summed E-state index contributed by atoms with van der Waals surface area (Å²) < 4.78 is 0. The minimum atomic E-state index is -0.219. The molecular formula is C11H15N3O. The van der Waals surface area contributed by atoms with E-state index in [1.807, 2.05) is 12.1 Å². The molecule has 0 radical (unpaired) electrons. The number of piperidine rings is 1. The Morgan fingerprint density at radius 2 is 2.20 bits per heavy atom. The van der Waals surface area contributed by atoms with Crippen LogP contribution < -0.4 is 11.1 Å². The minimum absolute atomic E-state index is 0.0549. The van der Waals surface area contributed by atoms with E-state index in [0.717, 1.165) is 24.9 Å². The summed E-state index contributed by atoms with van der Waals surface area (Å²) in [4.78, 5) is 15.3. The number of amides is 1. The summed E-state index contributed by atoms with van der Waals surface area (Å²) in [5, 5.41) is 3.34. The predicted octanol–water partition coefficient (Wildman–Crippen LogP) is 0.608. The van der Waals surface area contributed by atoms with Crippen LogP contribution in [0, 0.1) is 5.92 Å². The van der Waals surface area contributed by atoms with Crippen LogP contribution in [0.5, 0.6) is 0 Å². The highest BCUT2D eigenvalue weighted by molar-refractivity contribution is 5.77. The largest absolute Gasteiger partial charge is 0.369 e. The molecule has 1 fully saturated rings. The van der Waals surface area contributed by atoms with E-state index < -0.39 is 0 Å². The first-order valence-corrected chi connectivity index (χ1v) is 5.21. The molecule has 0 aromatic carbocycles. The molecule has 2 atom stereocenters. The molecule has 0 spiro atoms. The van der Waals surface area contributed by atoms with E-state index in [9.17, 15) is 4.79 Å². The molecule has 3 N–H and O–H groups in total. The number of hydrogen-bond acceptors (Lipinski definition) is 3. The van der Waals surface area contributed by atoms with Gasteiger partial charge < -0.3 is 11.1 Å². The summed E-state index contributed by atoms with van der Waals surface area (Å²) in [6.45, 7) is 0.941. The van der Waals surface area contributed by atoms with E-state index in [2.05, 4.69) is 10.3 Å². The van der Waals surface area contributed by atoms with Crippen molar-refractivity contribution < 1.29 is 4.79 Å². The van der Waals surface area contributed by atoms with E-state index in [0.29, 0.717) is 0 Å². The van der Waals surface area contributed by atoms with Crippen LogP contribution in [-0.2, 0) is 4.79 Å². The van der Waals surface area contributed by atoms with Gasteiger partial charge in [-0.05, 0) is 37.1 Å². The van der Waals surface area contributed by atoms with Crippen LogP contribution in [0.4, 0.5) is 0 Å². The Morgan fingerprint density at radius 3 is 2.87 bits per heavy atom. The molecule has 2 unspecified atom stereocenters. The minimum Gasteiger partial charge on any atom is -0.369 e. The van der Waals surface area contributed by atoms with Gasteiger partial charge in [0.25, 0.3) is 0 Å². The molecule has 4 heteroatoms. The lowest BCUT2D eigenvalue weighted by Crippen LogP contribution is -2.40. The zero-order chi connectivity index (χ0) is 10.7. The van der Waals surface area contributed by atoms with Gasteiger partial charge in [-0.15, -0.1) is 0 Å². The zero-order valence-corrected chi connectivity index (χ0v) is 8.52. The Hall–Kier alpha value is -1.42. The molecule has 0 aliphatic carbocycles. The lowest BCUT2D eigenvalue weighted by Gasteiger charge is -2.30. The molecule has 2 heterocycles. The molecule has 0 bridgehead atoms. The summed E-state index contributed by atoms with van der Waals surface area (Å²) in [7, 11) is 0. The van der Waals surface area contributed by atoms with Crippen molar-refractivity contribution in [3.8, 4) is 0 Å². The molecule has 1 amide bonds. The fourth-order valence-electron chi connectivity index (χ4n) is 2.12. The number of aromatic nitrogens is 1. The van der Waals surface area contributed by atoms with Crippen molar-refractivity contribution >= 4 is 5.91 Å². The molecule has 0 saturated carbocycles. The van der Waals surface area contributed by atoms with Crippen LogP contribution in [-0.4, -0.2) is 17.4 Å². The number of primary amides is 1. The molecule has 80 valence electrons. The van der Waals surface area contributed by atoms with Gasteiger partial charge in [-0.1, -0.05) is 0 Å². The maximum Gasteiger partial charge on any atom is 0.222 e. The third kappa shape index (κ3) is 2.15. The second-order valence-corrected chi connectivity index (χ2v) is 3.86. The summed E-state index contributed by atoms with van der Waals surface area (Å²) in [6.07, 6.45) is 5.36. The van der Waals surface area contributed by atoms with Crippen molar-refractivity contribution in [2.24, 2.45) is 11.7 Å². The maximum absolute atomic E-state index is 11.3. The summed E-state index contributed by atoms with van der Waals surface area (Å²) >= 11 is 0. The smallest absolute Gasteiger partial charge is 0.222 e. The first kappa shape index (κ1) is 10.1. The fraction of sp³-hybridized carbons (Fsp3) is 0.455. The van der Waals surface area contributed by atoms with E-state index in [4.69, 9.17) is 5.73 Å². The topological polar surface area (TPSA) is 68.0 Å². The van der Waals surface area contributed by atoms with E-state index in [1.54, 1.807) is 12.4 Å². The maximum atomic E-state index is 11.3. The SMILES string of the molecule is NC(=O)C1CCCNC1c1ccncc1. The lowest BCUT2D eigenvalue weighted by molar-refractivity contribution is -0.123. The first-order chi connectivity index (χ1) is 7.29. The molecule has 1 aliphatic heterocycles. The van der Waals surface area contributed by atoms with Crippen LogP contribution in [0.1, 0.15) is 24.4 Å². The van der Waals surface area contributed by atoms with Crippen LogP contribution >= 0.6 is 0 Å². The third-order valence-corrected chi connectivity index (χ3v) is 2.89. The monoisotopic (exact) mass is 205 g/mol. The van der Waals surface area contributed by atoms with Crippen molar-refractivity contribution in [3.05, 3.63) is 30.1 Å². The Kier molecular flexibility index (Phi) is 2.97. The van der Waals surface area contributed by atoms with Gasteiger partial charge in [0.15, 0.2) is 0 Å². The Bertz CT molecular complexity index is 339. The van der Waals surface area contributed by atoms with Gasteiger partial charge in [0, 0.05) is 18.4 Å². The molecule has 2 rings (SSSR count). The van der Waals surface area contributed by atoms with Gasteiger partial charge in [0.1, 0.15) is 0 Å². The lowest BCUT2D eigenvalue weighted by atomic mass is 9.86. The van der Waals surface area contributed by atoms with Crippen molar-refractivity contribution in [1.82, 2.24) is 10.3 Å². The number of pyridine rings is 1. The van der Waals surface area contributed by atoms with Crippen LogP contribution in [0.2, 0.25) is 0 Å². The van der Waals surface area contributed by atoms with Crippen LogP contribution in [0.25, 0.3) is 0 Å². The average Bonchev–Trinajstić information content (AvgIpc) is 2.30. The highest BCUT2D eigenvalue weighted by Crippen LogP contribution is 2.28. The third-order valence-electron chi connectivity index (χ3n) is 2.89. The number of carbonyl (C=O) groups is 1. The summed E-state index contributed by atoms with van der Waals surface area (Å²) in [6, 6.07) is 3.91. The zero-order valence-electron chi connectivity index (χ0n) is 8.52. The Morgan fingerprint density at radius 1 is 1.47 bits per heavy atom. The molecule has 15 heavy (non-hydrogen) atoms. The van der Waals surface area contributed by atoms with E-state index in [-0.39, 0.29) is 17.9 Å². The van der Waals surface area contributed by atoms with Crippen LogP contribution in [0.3, 0.4) is 0 Å². The highest BCUT2D eigenvalue weighted by Gasteiger charge is 2.29. The van der Waals surface area contributed by atoms with Gasteiger partial charge in [-0.25, -0.2) is 0 Å². The Balaban J connectivity index is 2.22. The molecule has 1 saturated heterocycles. The average molecular weight is 205 g/mol. The Labute approximate surface area is 88.9 Å². The van der Waals surface area contributed by atoms with Crippen molar-refractivity contribution in [3.63, 3.8) is 0 Å². The normalized spacial score (nSPS) is 26.1. The van der Waals surface area contributed by atoms with Crippen molar-refractivity contribution in [1.29, 1.82) is 0 Å². The van der Waals surface area contributed by atoms with E-state index >= 15 is 0 Å². The number of nitrogens with one attached hydrogen (secondary N) is 1. The number of rotatable bonds is 2. The fourth-order valence-corrected chi connectivity index (χ4v) is 2.12. The number of nitrogens with zero attached hydrogens (tertiary/aromatic N) is 1. The van der Waals surface area contributed by atoms with Gasteiger partial charge in [-0.2, -0.15) is 0 Å². The molecule has 4 nitrogen and oxygen atoms in total. The highest BCUT2D eigenvalue weighted by atomic mass is 16.1. The van der Waals surface area contributed by atoms with Gasteiger partial charge in [-0.3, -0.25) is 9.78 Å². The number of carbonyl (C=O) groups excluding carboxylic acids is 1. The van der Waals surface area contributed by atoms with Crippen LogP contribution in [0.15, 0.2) is 24.5 Å². The summed E-state index contributed by atoms with van der Waals surface area (Å²) in [5.74, 6) is -0.315. The first-order valence-electron chi connectivity index (χ1n) is 5.21. The summed E-state index contributed by atoms with van der Waals surface area (Å²) in [5.41, 5.74) is 6.49. The van der Waals surface area contributed by atoms with Crippen molar-refractivity contribution in [2.75, 3.05) is 6.54 Å². The second kappa shape index (κ2) is 4.40. The predicted molar refractivity (Wildman–Crippen MR) is 56.9 cm³/mol. The molecule has 1 aromatic rings. The molecule has 1 aromatic heterocycles. The van der Waals surface area contributed by atoms with E-state index in [1.165, 1.54) is 0 Å². The molecular weight excluding hydrogens is 190 g/mol. The molecule has 1 aliphatic rings. The van der Waals surface area contributed by atoms with Gasteiger partial charge >= 0.3 is 0 Å². The second-order valence-electron chi connectivity index (χ2n) is 3.86. The number of hydrogen-bond donors (Lipinski definition) is 2. The standard InChI is InChI=1S/C11H15N3O/c12-11(15)9-2-1-5-14-10(9)8-3-6-13-7-4-8/h3-4,6-7,9-10,14H,1-2,5H2,(H2,12,15). The van der Waals surface area contributed by atoms with Gasteiger partial charge in [0.05, 0.1) is 5.92 Å².